The van der Waals surface area contributed by atoms with E-state index in [1.165, 1.54) is 16.8 Å². The Hall–Kier alpha value is -3.37. The van der Waals surface area contributed by atoms with E-state index in [4.69, 9.17) is 0 Å². The largest absolute Gasteiger partial charge is 0.356 e. The Balaban J connectivity index is 1.67. The number of benzene rings is 3. The second-order valence-electron chi connectivity index (χ2n) is 8.69. The highest BCUT2D eigenvalue weighted by Gasteiger charge is 2.50. The molecule has 5 rings (SSSR count). The van der Waals surface area contributed by atoms with E-state index in [9.17, 15) is 4.79 Å². The first-order valence-electron chi connectivity index (χ1n) is 10.7. The molecule has 0 fully saturated rings. The Kier molecular flexibility index (Phi) is 4.87. The number of fused-ring (bicyclic) bond motifs is 3. The summed E-state index contributed by atoms with van der Waals surface area (Å²) in [6.07, 6.45) is 1.91. The van der Waals surface area contributed by atoms with Gasteiger partial charge in [0.1, 0.15) is 6.29 Å². The molecule has 1 atom stereocenters. The zero-order valence-corrected chi connectivity index (χ0v) is 18.0. The third kappa shape index (κ3) is 3.33. The summed E-state index contributed by atoms with van der Waals surface area (Å²) in [5, 5.41) is 3.54. The minimum Gasteiger partial charge on any atom is -0.356 e. The summed E-state index contributed by atoms with van der Waals surface area (Å²) in [6, 6.07) is 27.4. The minimum atomic E-state index is -0.261. The molecule has 0 aromatic heterocycles. The van der Waals surface area contributed by atoms with E-state index in [1.54, 1.807) is 0 Å². The van der Waals surface area contributed by atoms with Crippen LogP contribution in [-0.2, 0) is 16.6 Å². The lowest BCUT2D eigenvalue weighted by Crippen LogP contribution is -2.48. The van der Waals surface area contributed by atoms with Gasteiger partial charge in [-0.25, -0.2) is 0 Å². The zero-order chi connectivity index (χ0) is 21.4. The molecule has 4 nitrogen and oxygen atoms in total. The summed E-state index contributed by atoms with van der Waals surface area (Å²) in [4.78, 5) is 16.6. The van der Waals surface area contributed by atoms with Crippen LogP contribution in [0.25, 0.3) is 0 Å². The third-order valence-corrected chi connectivity index (χ3v) is 6.50. The lowest BCUT2D eigenvalue weighted by atomic mass is 9.71. The van der Waals surface area contributed by atoms with Gasteiger partial charge in [0.05, 0.1) is 5.41 Å². The lowest BCUT2D eigenvalue weighted by molar-refractivity contribution is -0.105. The number of hydrogen-bond donors (Lipinski definition) is 1. The average molecular weight is 410 g/mol. The van der Waals surface area contributed by atoms with Crippen molar-refractivity contribution in [2.24, 2.45) is 0 Å². The van der Waals surface area contributed by atoms with Crippen molar-refractivity contribution in [1.29, 1.82) is 0 Å². The molecule has 0 bridgehead atoms. The van der Waals surface area contributed by atoms with Crippen LogP contribution in [0.15, 0.2) is 90.1 Å². The predicted molar refractivity (Wildman–Crippen MR) is 127 cm³/mol. The Morgan fingerprint density at radius 2 is 1.65 bits per heavy atom. The standard InChI is InChI=1S/C27H27N3O/c1-29-17-21(18-31)26-27(19-29,16-20-9-5-3-6-10-20)24-15-23(13-14-25(24)30(26)2)28-22-11-7-4-8-12-22/h3-15,18,28H,16-17,19H2,1-2H3. The highest BCUT2D eigenvalue weighted by molar-refractivity contribution is 5.84. The van der Waals surface area contributed by atoms with Gasteiger partial charge in [0.15, 0.2) is 0 Å². The van der Waals surface area contributed by atoms with Crippen LogP contribution in [0.1, 0.15) is 11.1 Å². The Morgan fingerprint density at radius 1 is 0.935 bits per heavy atom. The first kappa shape index (κ1) is 19.6. The molecule has 4 heteroatoms. The number of anilines is 3. The summed E-state index contributed by atoms with van der Waals surface area (Å²) in [5.74, 6) is 0. The van der Waals surface area contributed by atoms with Crippen molar-refractivity contribution < 1.29 is 4.79 Å². The summed E-state index contributed by atoms with van der Waals surface area (Å²) >= 11 is 0. The van der Waals surface area contributed by atoms with Crippen molar-refractivity contribution in [3.63, 3.8) is 0 Å². The summed E-state index contributed by atoms with van der Waals surface area (Å²) in [7, 11) is 4.21. The number of hydrogen-bond acceptors (Lipinski definition) is 4. The molecular formula is C27H27N3O. The number of carbonyl (C=O) groups is 1. The van der Waals surface area contributed by atoms with E-state index < -0.39 is 0 Å². The molecule has 0 aliphatic carbocycles. The second kappa shape index (κ2) is 7.71. The van der Waals surface area contributed by atoms with Gasteiger partial charge in [-0.2, -0.15) is 0 Å². The monoisotopic (exact) mass is 409 g/mol. The van der Waals surface area contributed by atoms with Crippen LogP contribution in [0, 0.1) is 0 Å². The maximum atomic E-state index is 12.1. The molecule has 2 aliphatic rings. The van der Waals surface area contributed by atoms with Gasteiger partial charge in [-0.1, -0.05) is 48.5 Å². The number of nitrogens with zero attached hydrogens (tertiary/aromatic N) is 2. The topological polar surface area (TPSA) is 35.6 Å². The number of para-hydroxylation sites is 1. The van der Waals surface area contributed by atoms with Crippen molar-refractivity contribution in [1.82, 2.24) is 4.90 Å². The Labute approximate surface area is 183 Å². The first-order valence-corrected chi connectivity index (χ1v) is 10.7. The SMILES string of the molecule is CN1CC(C=O)=C2N(C)c3ccc(Nc4ccccc4)cc3C2(Cc2ccccc2)C1. The van der Waals surface area contributed by atoms with E-state index in [0.29, 0.717) is 6.54 Å². The molecule has 31 heavy (non-hydrogen) atoms. The summed E-state index contributed by atoms with van der Waals surface area (Å²) in [5.41, 5.74) is 7.63. The number of nitrogens with one attached hydrogen (secondary N) is 1. The molecule has 0 saturated heterocycles. The second-order valence-corrected chi connectivity index (χ2v) is 8.69. The number of rotatable bonds is 5. The van der Waals surface area contributed by atoms with Crippen LogP contribution >= 0.6 is 0 Å². The van der Waals surface area contributed by atoms with E-state index in [-0.39, 0.29) is 5.41 Å². The molecule has 3 aromatic rings. The van der Waals surface area contributed by atoms with Crippen molar-refractivity contribution in [3.8, 4) is 0 Å². The van der Waals surface area contributed by atoms with Gasteiger partial charge < -0.3 is 15.1 Å². The van der Waals surface area contributed by atoms with Gasteiger partial charge in [0, 0.05) is 48.5 Å². The third-order valence-electron chi connectivity index (χ3n) is 6.50. The van der Waals surface area contributed by atoms with E-state index >= 15 is 0 Å². The highest BCUT2D eigenvalue weighted by Crippen LogP contribution is 2.53. The molecule has 0 radical (unpaired) electrons. The number of carbonyl (C=O) groups excluding carboxylic acids is 1. The molecule has 0 saturated carbocycles. The zero-order valence-electron chi connectivity index (χ0n) is 18.0. The van der Waals surface area contributed by atoms with Crippen molar-refractivity contribution >= 4 is 23.3 Å². The quantitative estimate of drug-likeness (QED) is 0.617. The van der Waals surface area contributed by atoms with Crippen LogP contribution in [0.4, 0.5) is 17.1 Å². The van der Waals surface area contributed by atoms with Gasteiger partial charge in [-0.15, -0.1) is 0 Å². The van der Waals surface area contributed by atoms with Gasteiger partial charge in [-0.3, -0.25) is 4.79 Å². The smallest absolute Gasteiger partial charge is 0.149 e. The van der Waals surface area contributed by atoms with E-state index in [2.05, 4.69) is 89.9 Å². The Morgan fingerprint density at radius 3 is 2.35 bits per heavy atom. The highest BCUT2D eigenvalue weighted by atomic mass is 16.1. The van der Waals surface area contributed by atoms with Crippen molar-refractivity contribution in [2.75, 3.05) is 37.4 Å². The fraction of sp³-hybridized carbons (Fsp3) is 0.222. The molecule has 1 N–H and O–H groups in total. The molecule has 1 unspecified atom stereocenters. The van der Waals surface area contributed by atoms with Crippen molar-refractivity contribution in [2.45, 2.75) is 11.8 Å². The van der Waals surface area contributed by atoms with Crippen LogP contribution in [0.3, 0.4) is 0 Å². The van der Waals surface area contributed by atoms with Gasteiger partial charge in [0.25, 0.3) is 0 Å². The number of likely N-dealkylation sites (N-methyl/N-ethyl adjacent to an activating group) is 2. The maximum Gasteiger partial charge on any atom is 0.149 e. The maximum absolute atomic E-state index is 12.1. The van der Waals surface area contributed by atoms with Crippen LogP contribution in [-0.4, -0.2) is 38.4 Å². The summed E-state index contributed by atoms with van der Waals surface area (Å²) < 4.78 is 0. The van der Waals surface area contributed by atoms with Gasteiger partial charge in [0.2, 0.25) is 0 Å². The summed E-state index contributed by atoms with van der Waals surface area (Å²) in [6.45, 7) is 1.56. The molecule has 0 amide bonds. The van der Waals surface area contributed by atoms with Crippen LogP contribution in [0.2, 0.25) is 0 Å². The Bertz CT molecular complexity index is 1140. The molecule has 2 heterocycles. The normalized spacial score (nSPS) is 20.4. The average Bonchev–Trinajstić information content (AvgIpc) is 3.02. The first-order chi connectivity index (χ1) is 15.1. The predicted octanol–water partition coefficient (Wildman–Crippen LogP) is 4.76. The minimum absolute atomic E-state index is 0.261. The fourth-order valence-corrected chi connectivity index (χ4v) is 5.38. The van der Waals surface area contributed by atoms with Crippen LogP contribution < -0.4 is 10.2 Å². The van der Waals surface area contributed by atoms with Gasteiger partial charge >= 0.3 is 0 Å². The molecule has 2 aliphatic heterocycles. The van der Waals surface area contributed by atoms with Gasteiger partial charge in [-0.05, 0) is 54.9 Å². The lowest BCUT2D eigenvalue weighted by Gasteiger charge is -2.41. The number of aldehydes is 1. The fourth-order valence-electron chi connectivity index (χ4n) is 5.38. The molecule has 0 spiro atoms. The van der Waals surface area contributed by atoms with E-state index in [0.717, 1.165) is 41.9 Å². The van der Waals surface area contributed by atoms with Crippen LogP contribution in [0.5, 0.6) is 0 Å². The molecule has 156 valence electrons. The van der Waals surface area contributed by atoms with Crippen molar-refractivity contribution in [3.05, 3.63) is 101 Å². The molecular weight excluding hydrogens is 382 g/mol. The van der Waals surface area contributed by atoms with E-state index in [1.807, 2.05) is 18.2 Å². The molecule has 3 aromatic carbocycles.